The Hall–Kier alpha value is -0.0862. The zero-order valence-electron chi connectivity index (χ0n) is 15.9. The molecule has 0 aliphatic rings. The fourth-order valence-electron chi connectivity index (χ4n) is 2.37. The third-order valence-corrected chi connectivity index (χ3v) is 21.2. The molecule has 1 nitrogen and oxygen atoms in total. The maximum Gasteiger partial charge on any atom is 0.0577 e. The lowest BCUT2D eigenvalue weighted by atomic mass is 10.2. The van der Waals surface area contributed by atoms with E-state index in [1.54, 1.807) is 0 Å². The Kier molecular flexibility index (Phi) is 8.06. The Labute approximate surface area is 130 Å². The van der Waals surface area contributed by atoms with Crippen molar-refractivity contribution in [2.75, 3.05) is 7.05 Å². The van der Waals surface area contributed by atoms with E-state index < -0.39 is 16.1 Å². The van der Waals surface area contributed by atoms with Crippen LogP contribution in [0.5, 0.6) is 0 Å². The van der Waals surface area contributed by atoms with Crippen molar-refractivity contribution >= 4 is 16.1 Å². The third-order valence-electron chi connectivity index (χ3n) is 5.71. The number of hydrogen-bond donors (Lipinski definition) is 1. The summed E-state index contributed by atoms with van der Waals surface area (Å²) in [6.07, 6.45) is 2.31. The Bertz CT molecular complexity index is 311. The van der Waals surface area contributed by atoms with E-state index in [1.807, 2.05) is 0 Å². The fourth-order valence-corrected chi connectivity index (χ4v) is 15.1. The summed E-state index contributed by atoms with van der Waals surface area (Å²) in [5, 5.41) is 1.56. The molecule has 0 rings (SSSR count). The minimum absolute atomic E-state index is 0.417. The van der Waals surface area contributed by atoms with Gasteiger partial charge in [0.1, 0.15) is 0 Å². The maximum absolute atomic E-state index is 4.50. The molecule has 0 heterocycles. The zero-order chi connectivity index (χ0) is 17.0. The van der Waals surface area contributed by atoms with Gasteiger partial charge in [-0.05, 0) is 28.4 Å². The summed E-state index contributed by atoms with van der Waals surface area (Å²) < 4.78 is 0. The second-order valence-electron chi connectivity index (χ2n) is 8.79. The molecule has 0 atom stereocenters. The predicted molar refractivity (Wildman–Crippen MR) is 102 cm³/mol. The van der Waals surface area contributed by atoms with Crippen LogP contribution in [0.1, 0.15) is 41.5 Å². The molecule has 0 saturated carbocycles. The van der Waals surface area contributed by atoms with Crippen LogP contribution in [-0.4, -0.2) is 23.2 Å². The first-order valence-electron chi connectivity index (χ1n) is 7.63. The van der Waals surface area contributed by atoms with Crippen molar-refractivity contribution in [3.63, 3.8) is 0 Å². The van der Waals surface area contributed by atoms with E-state index >= 15 is 0 Å². The van der Waals surface area contributed by atoms with Gasteiger partial charge in [-0.1, -0.05) is 74.3 Å². The van der Waals surface area contributed by atoms with Gasteiger partial charge in [0.05, 0.1) is 16.1 Å². The van der Waals surface area contributed by atoms with Crippen LogP contribution in [0.4, 0.5) is 0 Å². The molecule has 0 fully saturated rings. The SMILES string of the molecule is C=C=CC([Si](C)(C)C(C)(C)C)[Si](C)(C)C(C)(C)C.CN. The van der Waals surface area contributed by atoms with Gasteiger partial charge in [0.15, 0.2) is 0 Å². The highest BCUT2D eigenvalue weighted by Gasteiger charge is 2.52. The van der Waals surface area contributed by atoms with Gasteiger partial charge >= 0.3 is 0 Å². The average molecular weight is 314 g/mol. The van der Waals surface area contributed by atoms with Crippen LogP contribution in [0, 0.1) is 0 Å². The van der Waals surface area contributed by atoms with Gasteiger partial charge in [0.2, 0.25) is 0 Å². The first kappa shape index (κ1) is 22.2. The van der Waals surface area contributed by atoms with Crippen LogP contribution >= 0.6 is 0 Å². The van der Waals surface area contributed by atoms with Crippen LogP contribution < -0.4 is 5.73 Å². The van der Waals surface area contributed by atoms with E-state index in [4.69, 9.17) is 0 Å². The first-order valence-corrected chi connectivity index (χ1v) is 13.8. The lowest BCUT2D eigenvalue weighted by Crippen LogP contribution is -2.55. The van der Waals surface area contributed by atoms with E-state index in [0.29, 0.717) is 10.1 Å². The highest BCUT2D eigenvalue weighted by molar-refractivity contribution is 7.00. The van der Waals surface area contributed by atoms with Gasteiger partial charge in [-0.3, -0.25) is 0 Å². The van der Waals surface area contributed by atoms with Crippen LogP contribution in [-0.2, 0) is 0 Å². The molecule has 0 saturated heterocycles. The number of rotatable bonds is 3. The van der Waals surface area contributed by atoms with Crippen LogP contribution in [0.2, 0.25) is 41.4 Å². The Balaban J connectivity index is 0. The molecule has 0 radical (unpaired) electrons. The van der Waals surface area contributed by atoms with Crippen LogP contribution in [0.3, 0.4) is 0 Å². The predicted octanol–water partition coefficient (Wildman–Crippen LogP) is 5.83. The Morgan fingerprint density at radius 1 is 0.850 bits per heavy atom. The summed E-state index contributed by atoms with van der Waals surface area (Å²) in [5.41, 5.74) is 7.62. The van der Waals surface area contributed by atoms with Crippen molar-refractivity contribution in [2.45, 2.75) is 83.0 Å². The van der Waals surface area contributed by atoms with E-state index in [0.717, 1.165) is 5.16 Å². The average Bonchev–Trinajstić information content (AvgIpc) is 2.25. The highest BCUT2D eigenvalue weighted by atomic mass is 28.4. The first-order chi connectivity index (χ1) is 8.69. The second kappa shape index (κ2) is 7.26. The Morgan fingerprint density at radius 3 is 1.25 bits per heavy atom. The van der Waals surface area contributed by atoms with E-state index in [-0.39, 0.29) is 0 Å². The summed E-state index contributed by atoms with van der Waals surface area (Å²) in [6.45, 7) is 28.5. The Morgan fingerprint density at radius 2 is 1.10 bits per heavy atom. The van der Waals surface area contributed by atoms with Gasteiger partial charge < -0.3 is 5.73 Å². The van der Waals surface area contributed by atoms with Crippen molar-refractivity contribution < 1.29 is 0 Å². The number of hydrogen-bond acceptors (Lipinski definition) is 1. The molecule has 0 aromatic heterocycles. The van der Waals surface area contributed by atoms with Gasteiger partial charge in [0, 0.05) is 0 Å². The summed E-state index contributed by atoms with van der Waals surface area (Å²) in [7, 11) is -1.29. The molecule has 0 spiro atoms. The molecule has 0 amide bonds. The summed E-state index contributed by atoms with van der Waals surface area (Å²) in [4.78, 5) is 0. The second-order valence-corrected chi connectivity index (χ2v) is 20.5. The van der Waals surface area contributed by atoms with Crippen molar-refractivity contribution in [1.82, 2.24) is 0 Å². The van der Waals surface area contributed by atoms with Crippen LogP contribution in [0.25, 0.3) is 0 Å². The van der Waals surface area contributed by atoms with Crippen LogP contribution in [0.15, 0.2) is 18.4 Å². The quantitative estimate of drug-likeness (QED) is 0.515. The minimum atomic E-state index is -1.40. The maximum atomic E-state index is 4.50. The fraction of sp³-hybridized carbons (Fsp3) is 0.824. The molecule has 0 unspecified atom stereocenters. The standard InChI is InChI=1S/C16H34Si2.CH5N/c1-12-13-14(17(8,9)15(2,3)4)18(10,11)16(5,6)7;1-2/h13-14H,1H2,2-11H3;2H2,1H3. The molecule has 3 heteroatoms. The highest BCUT2D eigenvalue weighted by Crippen LogP contribution is 2.53. The van der Waals surface area contributed by atoms with Crippen molar-refractivity contribution in [3.05, 3.63) is 18.4 Å². The lowest BCUT2D eigenvalue weighted by molar-refractivity contribution is 0.689. The molecule has 0 aliphatic carbocycles. The molecule has 0 bridgehead atoms. The number of nitrogens with two attached hydrogens (primary N) is 1. The van der Waals surface area contributed by atoms with Crippen molar-refractivity contribution in [2.24, 2.45) is 5.73 Å². The summed E-state index contributed by atoms with van der Waals surface area (Å²) >= 11 is 0. The lowest BCUT2D eigenvalue weighted by Gasteiger charge is -2.52. The summed E-state index contributed by atoms with van der Waals surface area (Å²) in [6, 6.07) is 0. The molecule has 2 N–H and O–H groups in total. The summed E-state index contributed by atoms with van der Waals surface area (Å²) in [5.74, 6) is 0. The van der Waals surface area contributed by atoms with Crippen molar-refractivity contribution in [1.29, 1.82) is 0 Å². The van der Waals surface area contributed by atoms with Gasteiger partial charge in [-0.2, -0.15) is 0 Å². The minimum Gasteiger partial charge on any atom is -0.333 e. The zero-order valence-corrected chi connectivity index (χ0v) is 17.9. The molecule has 20 heavy (non-hydrogen) atoms. The molecule has 0 aromatic carbocycles. The normalized spacial score (nSPS) is 13.4. The molecule has 0 aromatic rings. The van der Waals surface area contributed by atoms with Crippen molar-refractivity contribution in [3.8, 4) is 0 Å². The third kappa shape index (κ3) is 4.73. The largest absolute Gasteiger partial charge is 0.333 e. The number of allylic oxidation sites excluding steroid dienone is 1. The van der Waals surface area contributed by atoms with E-state index in [2.05, 4.69) is 91.9 Å². The van der Waals surface area contributed by atoms with Gasteiger partial charge in [-0.15, -0.1) is 5.73 Å². The monoisotopic (exact) mass is 313 g/mol. The van der Waals surface area contributed by atoms with E-state index in [1.165, 1.54) is 7.05 Å². The van der Waals surface area contributed by atoms with Gasteiger partial charge in [0.25, 0.3) is 0 Å². The molecular weight excluding hydrogens is 274 g/mol. The van der Waals surface area contributed by atoms with Gasteiger partial charge in [-0.25, -0.2) is 0 Å². The topological polar surface area (TPSA) is 26.0 Å². The molecule has 0 aliphatic heterocycles. The smallest absolute Gasteiger partial charge is 0.0577 e. The molecule has 120 valence electrons. The molecular formula is C17H39NSi2. The van der Waals surface area contributed by atoms with E-state index in [9.17, 15) is 0 Å².